The molecule has 0 bridgehead atoms. The highest BCUT2D eigenvalue weighted by molar-refractivity contribution is 7.13. The predicted octanol–water partition coefficient (Wildman–Crippen LogP) is 2.77. The van der Waals surface area contributed by atoms with Crippen LogP contribution >= 0.6 is 11.3 Å². The van der Waals surface area contributed by atoms with Crippen molar-refractivity contribution >= 4 is 22.4 Å². The fourth-order valence-electron chi connectivity index (χ4n) is 3.39. The lowest BCUT2D eigenvalue weighted by Crippen LogP contribution is -2.49. The second-order valence-corrected chi connectivity index (χ2v) is 8.42. The summed E-state index contributed by atoms with van der Waals surface area (Å²) in [5.74, 6) is 1.48. The first-order valence-electron chi connectivity index (χ1n) is 9.81. The number of aromatic nitrogens is 1. The second-order valence-electron chi connectivity index (χ2n) is 7.58. The number of nitrogens with one attached hydrogen (secondary N) is 2. The molecule has 1 unspecified atom stereocenters. The van der Waals surface area contributed by atoms with Crippen LogP contribution in [0.25, 0.3) is 0 Å². The van der Waals surface area contributed by atoms with Crippen molar-refractivity contribution < 1.29 is 0 Å². The van der Waals surface area contributed by atoms with Gasteiger partial charge < -0.3 is 15.5 Å². The molecule has 1 aromatic heterocycles. The minimum Gasteiger partial charge on any atom is -0.355 e. The Morgan fingerprint density at radius 2 is 1.92 bits per heavy atom. The molecule has 6 nitrogen and oxygen atoms in total. The monoisotopic (exact) mass is 380 g/mol. The van der Waals surface area contributed by atoms with Gasteiger partial charge in [-0.1, -0.05) is 26.7 Å². The predicted molar refractivity (Wildman–Crippen MR) is 113 cm³/mol. The van der Waals surface area contributed by atoms with Crippen LogP contribution in [0.1, 0.15) is 45.2 Å². The SMILES string of the molecule is CN=C(NCc1csc(N(C)C)n1)NCC(C(C)C)N1CCCCCC1. The molecule has 0 aromatic carbocycles. The van der Waals surface area contributed by atoms with Gasteiger partial charge in [-0.2, -0.15) is 0 Å². The van der Waals surface area contributed by atoms with Crippen LogP contribution in [0.4, 0.5) is 5.13 Å². The van der Waals surface area contributed by atoms with Crippen molar-refractivity contribution in [1.29, 1.82) is 0 Å². The highest BCUT2D eigenvalue weighted by Crippen LogP contribution is 2.18. The maximum Gasteiger partial charge on any atom is 0.191 e. The number of guanidine groups is 1. The molecule has 2 rings (SSSR count). The lowest BCUT2D eigenvalue weighted by molar-refractivity contribution is 0.161. The summed E-state index contributed by atoms with van der Waals surface area (Å²) in [5.41, 5.74) is 1.05. The average Bonchev–Trinajstić information content (AvgIpc) is 2.93. The zero-order chi connectivity index (χ0) is 18.9. The summed E-state index contributed by atoms with van der Waals surface area (Å²) in [6, 6.07) is 0.547. The molecule has 0 aliphatic carbocycles. The first kappa shape index (κ1) is 21.0. The number of aliphatic imine (C=N–C) groups is 1. The maximum absolute atomic E-state index is 4.61. The first-order chi connectivity index (χ1) is 12.5. The van der Waals surface area contributed by atoms with E-state index in [1.54, 1.807) is 11.3 Å². The third kappa shape index (κ3) is 6.43. The van der Waals surface area contributed by atoms with Gasteiger partial charge in [0.25, 0.3) is 0 Å². The van der Waals surface area contributed by atoms with Crippen molar-refractivity contribution in [2.75, 3.05) is 45.7 Å². The summed E-state index contributed by atoms with van der Waals surface area (Å²) in [6.07, 6.45) is 5.41. The molecule has 148 valence electrons. The fourth-order valence-corrected chi connectivity index (χ4v) is 4.15. The first-order valence-corrected chi connectivity index (χ1v) is 10.7. The summed E-state index contributed by atoms with van der Waals surface area (Å²) in [5, 5.41) is 10.1. The van der Waals surface area contributed by atoms with Gasteiger partial charge in [-0.05, 0) is 31.8 Å². The molecule has 0 spiro atoms. The van der Waals surface area contributed by atoms with Crippen LogP contribution in [-0.2, 0) is 6.54 Å². The Morgan fingerprint density at radius 3 is 2.46 bits per heavy atom. The second kappa shape index (κ2) is 10.7. The molecule has 1 saturated heterocycles. The third-order valence-corrected chi connectivity index (χ3v) is 6.00. The fraction of sp³-hybridized carbons (Fsp3) is 0.789. The normalized spacial score (nSPS) is 17.8. The van der Waals surface area contributed by atoms with Crippen molar-refractivity contribution in [3.63, 3.8) is 0 Å². The molecule has 0 saturated carbocycles. The molecule has 1 atom stereocenters. The summed E-state index contributed by atoms with van der Waals surface area (Å²) >= 11 is 1.67. The van der Waals surface area contributed by atoms with E-state index in [1.807, 2.05) is 26.0 Å². The van der Waals surface area contributed by atoms with E-state index in [0.717, 1.165) is 23.3 Å². The van der Waals surface area contributed by atoms with Crippen molar-refractivity contribution in [1.82, 2.24) is 20.5 Å². The van der Waals surface area contributed by atoms with Crippen LogP contribution in [0, 0.1) is 5.92 Å². The van der Waals surface area contributed by atoms with E-state index in [1.165, 1.54) is 38.8 Å². The number of hydrogen-bond acceptors (Lipinski definition) is 5. The number of rotatable bonds is 7. The van der Waals surface area contributed by atoms with Crippen molar-refractivity contribution in [2.24, 2.45) is 10.9 Å². The molecule has 0 amide bonds. The van der Waals surface area contributed by atoms with Crippen LogP contribution in [0.2, 0.25) is 0 Å². The molecule has 26 heavy (non-hydrogen) atoms. The minimum absolute atomic E-state index is 0.547. The third-order valence-electron chi connectivity index (χ3n) is 4.94. The van der Waals surface area contributed by atoms with E-state index in [4.69, 9.17) is 0 Å². The van der Waals surface area contributed by atoms with E-state index < -0.39 is 0 Å². The molecule has 1 aliphatic rings. The van der Waals surface area contributed by atoms with E-state index in [9.17, 15) is 0 Å². The molecular formula is C19H36N6S. The van der Waals surface area contributed by atoms with Gasteiger partial charge in [0.2, 0.25) is 0 Å². The molecular weight excluding hydrogens is 344 g/mol. The Morgan fingerprint density at radius 1 is 1.23 bits per heavy atom. The van der Waals surface area contributed by atoms with E-state index in [0.29, 0.717) is 18.5 Å². The average molecular weight is 381 g/mol. The van der Waals surface area contributed by atoms with Gasteiger partial charge in [-0.15, -0.1) is 11.3 Å². The number of nitrogens with zero attached hydrogens (tertiary/aromatic N) is 4. The highest BCUT2D eigenvalue weighted by Gasteiger charge is 2.22. The van der Waals surface area contributed by atoms with Crippen molar-refractivity contribution in [3.05, 3.63) is 11.1 Å². The zero-order valence-electron chi connectivity index (χ0n) is 17.1. The van der Waals surface area contributed by atoms with Gasteiger partial charge in [0.15, 0.2) is 11.1 Å². The summed E-state index contributed by atoms with van der Waals surface area (Å²) in [4.78, 5) is 13.7. The van der Waals surface area contributed by atoms with Crippen LogP contribution < -0.4 is 15.5 Å². The lowest BCUT2D eigenvalue weighted by atomic mass is 10.0. The Labute approximate surface area is 163 Å². The topological polar surface area (TPSA) is 55.8 Å². The molecule has 2 N–H and O–H groups in total. The molecule has 7 heteroatoms. The van der Waals surface area contributed by atoms with E-state index in [-0.39, 0.29) is 0 Å². The van der Waals surface area contributed by atoms with Crippen LogP contribution in [-0.4, -0.2) is 62.7 Å². The van der Waals surface area contributed by atoms with E-state index in [2.05, 4.69) is 44.7 Å². The number of thiazole rings is 1. The lowest BCUT2D eigenvalue weighted by Gasteiger charge is -2.34. The Kier molecular flexibility index (Phi) is 8.65. The number of anilines is 1. The van der Waals surface area contributed by atoms with Gasteiger partial charge in [-0.3, -0.25) is 9.89 Å². The smallest absolute Gasteiger partial charge is 0.191 e. The van der Waals surface area contributed by atoms with Gasteiger partial charge in [0.05, 0.1) is 12.2 Å². The van der Waals surface area contributed by atoms with Crippen LogP contribution in [0.5, 0.6) is 0 Å². The molecule has 2 heterocycles. The zero-order valence-corrected chi connectivity index (χ0v) is 17.9. The maximum atomic E-state index is 4.61. The number of hydrogen-bond donors (Lipinski definition) is 2. The summed E-state index contributed by atoms with van der Waals surface area (Å²) in [7, 11) is 5.87. The van der Waals surface area contributed by atoms with E-state index >= 15 is 0 Å². The minimum atomic E-state index is 0.547. The van der Waals surface area contributed by atoms with Crippen molar-refractivity contribution in [2.45, 2.75) is 52.1 Å². The summed E-state index contributed by atoms with van der Waals surface area (Å²) < 4.78 is 0. The highest BCUT2D eigenvalue weighted by atomic mass is 32.1. The number of likely N-dealkylation sites (tertiary alicyclic amines) is 1. The molecule has 0 radical (unpaired) electrons. The molecule has 1 aromatic rings. The van der Waals surface area contributed by atoms with Gasteiger partial charge in [-0.25, -0.2) is 4.98 Å². The molecule has 1 aliphatic heterocycles. The Bertz CT molecular complexity index is 546. The van der Waals surface area contributed by atoms with Gasteiger partial charge >= 0.3 is 0 Å². The van der Waals surface area contributed by atoms with Crippen molar-refractivity contribution in [3.8, 4) is 0 Å². The standard InChI is InChI=1S/C19H36N6S/c1-15(2)17(25-10-8-6-7-9-11-25)13-22-18(20-3)21-12-16-14-26-19(23-16)24(4)5/h14-15,17H,6-13H2,1-5H3,(H2,20,21,22). The van der Waals surface area contributed by atoms with Gasteiger partial charge in [0.1, 0.15) is 0 Å². The van der Waals surface area contributed by atoms with Crippen LogP contribution in [0.3, 0.4) is 0 Å². The molecule has 1 fully saturated rings. The van der Waals surface area contributed by atoms with Gasteiger partial charge in [0, 0.05) is 39.1 Å². The Hall–Kier alpha value is -1.34. The quantitative estimate of drug-likeness (QED) is 0.563. The Balaban J connectivity index is 1.85. The largest absolute Gasteiger partial charge is 0.355 e. The summed E-state index contributed by atoms with van der Waals surface area (Å²) in [6.45, 7) is 8.72. The van der Waals surface area contributed by atoms with Crippen LogP contribution in [0.15, 0.2) is 10.4 Å².